The molecule has 0 heterocycles. The van der Waals surface area contributed by atoms with E-state index < -0.39 is 11.8 Å². The van der Waals surface area contributed by atoms with E-state index in [0.29, 0.717) is 29.8 Å². The number of benzene rings is 3. The average Bonchev–Trinajstić information content (AvgIpc) is 2.75. The predicted octanol–water partition coefficient (Wildman–Crippen LogP) is 2.92. The van der Waals surface area contributed by atoms with Crippen molar-refractivity contribution in [3.63, 3.8) is 0 Å². The van der Waals surface area contributed by atoms with Gasteiger partial charge in [-0.25, -0.2) is 0 Å². The number of phenolic OH excluding ortho intramolecular Hbond substituents is 1. The third kappa shape index (κ3) is 5.52. The molecule has 0 unspecified atom stereocenters. The Labute approximate surface area is 168 Å². The summed E-state index contributed by atoms with van der Waals surface area (Å²) in [5, 5.41) is 14.3. The summed E-state index contributed by atoms with van der Waals surface area (Å²) in [6.45, 7) is 0.293. The summed E-state index contributed by atoms with van der Waals surface area (Å²) < 4.78 is 0. The highest BCUT2D eigenvalue weighted by Gasteiger charge is 2.14. The molecule has 3 aromatic carbocycles. The molecule has 0 aliphatic rings. The summed E-state index contributed by atoms with van der Waals surface area (Å²) in [5.74, 6) is -1.46. The lowest BCUT2D eigenvalue weighted by molar-refractivity contribution is -0.136. The molecule has 0 aliphatic heterocycles. The van der Waals surface area contributed by atoms with Crippen LogP contribution in [0.5, 0.6) is 5.75 Å². The highest BCUT2D eigenvalue weighted by Crippen LogP contribution is 2.14. The number of carbonyl (C=O) groups is 3. The van der Waals surface area contributed by atoms with Crippen molar-refractivity contribution < 1.29 is 19.5 Å². The second kappa shape index (κ2) is 9.32. The molecule has 0 bridgehead atoms. The molecule has 0 radical (unpaired) electrons. The van der Waals surface area contributed by atoms with Crippen molar-refractivity contribution in [3.05, 3.63) is 95.6 Å². The average molecular weight is 388 g/mol. The van der Waals surface area contributed by atoms with Gasteiger partial charge in [0.1, 0.15) is 5.75 Å². The Balaban J connectivity index is 1.50. The minimum absolute atomic E-state index is 0.115. The minimum Gasteiger partial charge on any atom is -0.508 e. The summed E-state index contributed by atoms with van der Waals surface area (Å²) in [6.07, 6.45) is 0.537. The van der Waals surface area contributed by atoms with Crippen molar-refractivity contribution in [2.24, 2.45) is 0 Å². The fraction of sp³-hybridized carbons (Fsp3) is 0.0870. The van der Waals surface area contributed by atoms with E-state index in [0.717, 1.165) is 5.56 Å². The Hall–Kier alpha value is -3.93. The number of nitrogens with one attached hydrogen (secondary N) is 2. The second-order valence-electron chi connectivity index (χ2n) is 6.40. The second-order valence-corrected chi connectivity index (χ2v) is 6.40. The molecule has 3 rings (SSSR count). The van der Waals surface area contributed by atoms with Gasteiger partial charge in [0.15, 0.2) is 5.78 Å². The van der Waals surface area contributed by atoms with Gasteiger partial charge in [-0.2, -0.15) is 0 Å². The molecule has 6 heteroatoms. The van der Waals surface area contributed by atoms with Crippen molar-refractivity contribution in [2.45, 2.75) is 6.42 Å². The zero-order valence-electron chi connectivity index (χ0n) is 15.6. The van der Waals surface area contributed by atoms with Gasteiger partial charge in [-0.3, -0.25) is 14.4 Å². The third-order valence-electron chi connectivity index (χ3n) is 4.28. The van der Waals surface area contributed by atoms with Gasteiger partial charge >= 0.3 is 11.8 Å². The van der Waals surface area contributed by atoms with Crippen molar-refractivity contribution in [1.29, 1.82) is 0 Å². The summed E-state index contributed by atoms with van der Waals surface area (Å²) in [5.41, 5.74) is 2.43. The summed E-state index contributed by atoms with van der Waals surface area (Å²) >= 11 is 0. The van der Waals surface area contributed by atoms with Gasteiger partial charge in [0, 0.05) is 23.4 Å². The van der Waals surface area contributed by atoms with E-state index >= 15 is 0 Å². The van der Waals surface area contributed by atoms with E-state index in [4.69, 9.17) is 0 Å². The summed E-state index contributed by atoms with van der Waals surface area (Å²) in [6, 6.07) is 21.9. The molecular formula is C23H20N2O4. The topological polar surface area (TPSA) is 95.5 Å². The summed E-state index contributed by atoms with van der Waals surface area (Å²) in [4.78, 5) is 36.3. The molecule has 0 saturated heterocycles. The van der Waals surface area contributed by atoms with Gasteiger partial charge in [-0.1, -0.05) is 42.5 Å². The number of hydrogen-bond donors (Lipinski definition) is 3. The highest BCUT2D eigenvalue weighted by molar-refractivity contribution is 6.39. The normalized spacial score (nSPS) is 10.2. The molecule has 3 aromatic rings. The largest absolute Gasteiger partial charge is 0.508 e. The molecule has 2 amide bonds. The van der Waals surface area contributed by atoms with Gasteiger partial charge in [0.05, 0.1) is 0 Å². The van der Waals surface area contributed by atoms with E-state index in [9.17, 15) is 19.5 Å². The Morgan fingerprint density at radius 3 is 2.00 bits per heavy atom. The molecule has 0 saturated carbocycles. The Bertz CT molecular complexity index is 997. The van der Waals surface area contributed by atoms with Crippen LogP contribution < -0.4 is 10.6 Å². The van der Waals surface area contributed by atoms with Gasteiger partial charge in [-0.15, -0.1) is 0 Å². The Morgan fingerprint density at radius 1 is 0.724 bits per heavy atom. The van der Waals surface area contributed by atoms with Crippen LogP contribution in [0.15, 0.2) is 78.9 Å². The van der Waals surface area contributed by atoms with Crippen LogP contribution in [0, 0.1) is 0 Å². The van der Waals surface area contributed by atoms with Crippen LogP contribution in [0.1, 0.15) is 21.5 Å². The molecule has 0 aromatic heterocycles. The summed E-state index contributed by atoms with van der Waals surface area (Å²) in [7, 11) is 0. The van der Waals surface area contributed by atoms with Gasteiger partial charge in [0.2, 0.25) is 0 Å². The lowest BCUT2D eigenvalue weighted by Crippen LogP contribution is -2.36. The third-order valence-corrected chi connectivity index (χ3v) is 4.28. The highest BCUT2D eigenvalue weighted by atomic mass is 16.3. The monoisotopic (exact) mass is 388 g/mol. The molecule has 3 N–H and O–H groups in total. The maximum atomic E-state index is 12.4. The molecule has 0 atom stereocenters. The molecular weight excluding hydrogens is 368 g/mol. The van der Waals surface area contributed by atoms with Crippen LogP contribution >= 0.6 is 0 Å². The Kier molecular flexibility index (Phi) is 6.37. The lowest BCUT2D eigenvalue weighted by Gasteiger charge is -2.08. The smallest absolute Gasteiger partial charge is 0.313 e. The number of carbonyl (C=O) groups excluding carboxylic acids is 3. The van der Waals surface area contributed by atoms with Crippen LogP contribution in [-0.4, -0.2) is 29.2 Å². The van der Waals surface area contributed by atoms with Crippen LogP contribution in [0.2, 0.25) is 0 Å². The number of aromatic hydroxyl groups is 1. The lowest BCUT2D eigenvalue weighted by atomic mass is 10.0. The van der Waals surface area contributed by atoms with Gasteiger partial charge in [-0.05, 0) is 48.4 Å². The van der Waals surface area contributed by atoms with Crippen LogP contribution in [-0.2, 0) is 16.0 Å². The molecule has 29 heavy (non-hydrogen) atoms. The number of phenols is 1. The quantitative estimate of drug-likeness (QED) is 0.447. The van der Waals surface area contributed by atoms with Gasteiger partial charge in [0.25, 0.3) is 0 Å². The zero-order valence-corrected chi connectivity index (χ0v) is 15.6. The fourth-order valence-electron chi connectivity index (χ4n) is 2.71. The molecule has 0 fully saturated rings. The number of anilines is 1. The molecule has 146 valence electrons. The number of rotatable bonds is 6. The molecule has 0 spiro atoms. The van der Waals surface area contributed by atoms with Crippen molar-refractivity contribution in [2.75, 3.05) is 11.9 Å². The van der Waals surface area contributed by atoms with Crippen LogP contribution in [0.3, 0.4) is 0 Å². The molecule has 0 aliphatic carbocycles. The van der Waals surface area contributed by atoms with Crippen molar-refractivity contribution in [1.82, 2.24) is 5.32 Å². The Morgan fingerprint density at radius 2 is 1.34 bits per heavy atom. The van der Waals surface area contributed by atoms with E-state index in [2.05, 4.69) is 10.6 Å². The number of ketones is 1. The van der Waals surface area contributed by atoms with Crippen molar-refractivity contribution in [3.8, 4) is 5.75 Å². The van der Waals surface area contributed by atoms with E-state index in [1.807, 2.05) is 6.07 Å². The van der Waals surface area contributed by atoms with E-state index in [1.54, 1.807) is 72.8 Å². The first-order chi connectivity index (χ1) is 14.0. The zero-order chi connectivity index (χ0) is 20.6. The maximum Gasteiger partial charge on any atom is 0.313 e. The van der Waals surface area contributed by atoms with Crippen LogP contribution in [0.25, 0.3) is 0 Å². The standard InChI is InChI=1S/C23H20N2O4/c26-20-12-6-16(7-13-20)14-15-24-22(28)23(29)25-19-10-8-18(9-11-19)21(27)17-4-2-1-3-5-17/h1-13,26H,14-15H2,(H,24,28)(H,25,29). The van der Waals surface area contributed by atoms with Gasteiger partial charge < -0.3 is 15.7 Å². The number of hydrogen-bond acceptors (Lipinski definition) is 4. The first-order valence-electron chi connectivity index (χ1n) is 9.10. The minimum atomic E-state index is -0.780. The van der Waals surface area contributed by atoms with Crippen molar-refractivity contribution >= 4 is 23.3 Å². The maximum absolute atomic E-state index is 12.4. The first-order valence-corrected chi connectivity index (χ1v) is 9.10. The predicted molar refractivity (Wildman–Crippen MR) is 110 cm³/mol. The molecule has 6 nitrogen and oxygen atoms in total. The van der Waals surface area contributed by atoms with E-state index in [1.165, 1.54) is 0 Å². The van der Waals surface area contributed by atoms with Crippen LogP contribution in [0.4, 0.5) is 5.69 Å². The SMILES string of the molecule is O=C(NCCc1ccc(O)cc1)C(=O)Nc1ccc(C(=O)c2ccccc2)cc1. The first kappa shape index (κ1) is 19.8. The fourth-order valence-corrected chi connectivity index (χ4v) is 2.71. The van der Waals surface area contributed by atoms with E-state index in [-0.39, 0.29) is 11.5 Å². The number of amides is 2.